The van der Waals surface area contributed by atoms with Crippen molar-refractivity contribution in [3.8, 4) is 0 Å². The van der Waals surface area contributed by atoms with Crippen LogP contribution < -0.4 is 10.7 Å². The highest BCUT2D eigenvalue weighted by atomic mass is 19.1. The first-order valence-corrected chi connectivity index (χ1v) is 7.30. The molecule has 0 saturated heterocycles. The molecule has 1 heterocycles. The fourth-order valence-electron chi connectivity index (χ4n) is 2.19. The van der Waals surface area contributed by atoms with Crippen LogP contribution in [-0.2, 0) is 13.0 Å². The third kappa shape index (κ3) is 4.60. The maximum Gasteiger partial charge on any atom is 0.152 e. The van der Waals surface area contributed by atoms with Crippen molar-refractivity contribution >= 4 is 18.4 Å². The van der Waals surface area contributed by atoms with Crippen molar-refractivity contribution in [3.05, 3.63) is 59.5 Å². The van der Waals surface area contributed by atoms with Crippen LogP contribution in [0.5, 0.6) is 0 Å². The second-order valence-electron chi connectivity index (χ2n) is 5.05. The molecule has 0 bridgehead atoms. The molecule has 2 rings (SSSR count). The SMILES string of the molecule is C=NN(Cc1ccccc1F)c1ncccc1CCN=C(C)N. The van der Waals surface area contributed by atoms with E-state index in [9.17, 15) is 4.39 Å². The van der Waals surface area contributed by atoms with E-state index in [0.29, 0.717) is 30.2 Å². The highest BCUT2D eigenvalue weighted by molar-refractivity contribution is 5.77. The summed E-state index contributed by atoms with van der Waals surface area (Å²) in [4.78, 5) is 8.55. The number of nitrogens with zero attached hydrogens (tertiary/aromatic N) is 4. The zero-order valence-electron chi connectivity index (χ0n) is 13.1. The van der Waals surface area contributed by atoms with Gasteiger partial charge >= 0.3 is 0 Å². The molecule has 0 radical (unpaired) electrons. The zero-order valence-corrected chi connectivity index (χ0v) is 13.1. The Labute approximate surface area is 135 Å². The number of hydrogen-bond acceptors (Lipinski definition) is 4. The molecule has 0 spiro atoms. The maximum atomic E-state index is 13.9. The summed E-state index contributed by atoms with van der Waals surface area (Å²) < 4.78 is 13.9. The van der Waals surface area contributed by atoms with E-state index in [2.05, 4.69) is 21.8 Å². The Morgan fingerprint density at radius 1 is 1.26 bits per heavy atom. The van der Waals surface area contributed by atoms with E-state index in [1.807, 2.05) is 12.1 Å². The van der Waals surface area contributed by atoms with Crippen LogP contribution in [0.15, 0.2) is 52.7 Å². The lowest BCUT2D eigenvalue weighted by atomic mass is 10.1. The van der Waals surface area contributed by atoms with E-state index in [-0.39, 0.29) is 12.4 Å². The van der Waals surface area contributed by atoms with Gasteiger partial charge in [0.2, 0.25) is 0 Å². The minimum atomic E-state index is -0.276. The summed E-state index contributed by atoms with van der Waals surface area (Å²) in [5.41, 5.74) is 7.05. The molecule has 1 aromatic heterocycles. The minimum Gasteiger partial charge on any atom is -0.388 e. The van der Waals surface area contributed by atoms with Crippen LogP contribution in [0.1, 0.15) is 18.1 Å². The lowest BCUT2D eigenvalue weighted by Crippen LogP contribution is -2.19. The third-order valence-corrected chi connectivity index (χ3v) is 3.30. The summed E-state index contributed by atoms with van der Waals surface area (Å²) in [5, 5.41) is 5.58. The summed E-state index contributed by atoms with van der Waals surface area (Å²) >= 11 is 0. The average Bonchev–Trinajstić information content (AvgIpc) is 2.54. The monoisotopic (exact) mass is 313 g/mol. The molecule has 0 saturated carbocycles. The number of pyridine rings is 1. The lowest BCUT2D eigenvalue weighted by molar-refractivity contribution is 0.605. The molecule has 5 nitrogen and oxygen atoms in total. The second kappa shape index (κ2) is 8.03. The van der Waals surface area contributed by atoms with Gasteiger partial charge in [-0.1, -0.05) is 24.3 Å². The Hall–Kier alpha value is -2.76. The Morgan fingerprint density at radius 3 is 2.70 bits per heavy atom. The molecular formula is C17H20FN5. The summed E-state index contributed by atoms with van der Waals surface area (Å²) in [6.45, 7) is 6.15. The first-order valence-electron chi connectivity index (χ1n) is 7.30. The van der Waals surface area contributed by atoms with Gasteiger partial charge in [-0.25, -0.2) is 14.4 Å². The van der Waals surface area contributed by atoms with Crippen molar-refractivity contribution in [1.82, 2.24) is 4.98 Å². The largest absolute Gasteiger partial charge is 0.388 e. The Morgan fingerprint density at radius 2 is 2.00 bits per heavy atom. The molecule has 0 atom stereocenters. The third-order valence-electron chi connectivity index (χ3n) is 3.30. The van der Waals surface area contributed by atoms with Crippen molar-refractivity contribution in [2.75, 3.05) is 11.6 Å². The summed E-state index contributed by atoms with van der Waals surface area (Å²) in [6, 6.07) is 10.4. The van der Waals surface area contributed by atoms with Crippen molar-refractivity contribution in [3.63, 3.8) is 0 Å². The van der Waals surface area contributed by atoms with Crippen LogP contribution in [0.3, 0.4) is 0 Å². The number of nitrogens with two attached hydrogens (primary N) is 1. The number of aromatic nitrogens is 1. The number of benzene rings is 1. The minimum absolute atomic E-state index is 0.263. The Bertz CT molecular complexity index is 695. The van der Waals surface area contributed by atoms with Crippen molar-refractivity contribution in [2.45, 2.75) is 19.9 Å². The molecule has 0 aliphatic rings. The molecule has 120 valence electrons. The molecule has 1 aromatic carbocycles. The standard InChI is InChI=1S/C17H20FN5/c1-13(19)21-11-9-14-7-5-10-22-17(14)23(20-2)12-15-6-3-4-8-16(15)18/h3-8,10H,2,9,11-12H2,1H3,(H2,19,21). The first kappa shape index (κ1) is 16.6. The van der Waals surface area contributed by atoms with Gasteiger partial charge in [-0.2, -0.15) is 5.10 Å². The van der Waals surface area contributed by atoms with Crippen LogP contribution in [0.25, 0.3) is 0 Å². The van der Waals surface area contributed by atoms with Crippen molar-refractivity contribution in [1.29, 1.82) is 0 Å². The molecule has 0 amide bonds. The fraction of sp³-hybridized carbons (Fsp3) is 0.235. The summed E-state index contributed by atoms with van der Waals surface area (Å²) in [5.74, 6) is 0.915. The van der Waals surface area contributed by atoms with Crippen LogP contribution in [0.4, 0.5) is 10.2 Å². The van der Waals surface area contributed by atoms with Gasteiger partial charge < -0.3 is 5.73 Å². The Balaban J connectivity index is 2.22. The van der Waals surface area contributed by atoms with Crippen molar-refractivity contribution in [2.24, 2.45) is 15.8 Å². The smallest absolute Gasteiger partial charge is 0.152 e. The summed E-state index contributed by atoms with van der Waals surface area (Å²) in [6.07, 6.45) is 2.34. The van der Waals surface area contributed by atoms with Crippen LogP contribution in [0, 0.1) is 5.82 Å². The molecule has 2 N–H and O–H groups in total. The zero-order chi connectivity index (χ0) is 16.7. The van der Waals surface area contributed by atoms with E-state index in [0.717, 1.165) is 5.56 Å². The van der Waals surface area contributed by atoms with Gasteiger partial charge in [0.25, 0.3) is 0 Å². The van der Waals surface area contributed by atoms with Gasteiger partial charge in [-0.3, -0.25) is 4.99 Å². The molecule has 6 heteroatoms. The molecular weight excluding hydrogens is 293 g/mol. The number of anilines is 1. The average molecular weight is 313 g/mol. The topological polar surface area (TPSA) is 66.9 Å². The summed E-state index contributed by atoms with van der Waals surface area (Å²) in [7, 11) is 0. The number of halogens is 1. The maximum absolute atomic E-state index is 13.9. The van der Waals surface area contributed by atoms with Gasteiger partial charge in [-0.15, -0.1) is 0 Å². The fourth-order valence-corrected chi connectivity index (χ4v) is 2.19. The molecule has 0 fully saturated rings. The van der Waals surface area contributed by atoms with E-state index in [1.165, 1.54) is 6.07 Å². The van der Waals surface area contributed by atoms with E-state index < -0.39 is 0 Å². The number of hydrogen-bond donors (Lipinski definition) is 1. The van der Waals surface area contributed by atoms with Crippen LogP contribution in [0.2, 0.25) is 0 Å². The van der Waals surface area contributed by atoms with E-state index in [1.54, 1.807) is 36.3 Å². The quantitative estimate of drug-likeness (QED) is 0.485. The molecule has 0 aliphatic carbocycles. The van der Waals surface area contributed by atoms with Crippen molar-refractivity contribution < 1.29 is 4.39 Å². The van der Waals surface area contributed by atoms with Gasteiger partial charge in [0.05, 0.1) is 12.4 Å². The Kier molecular flexibility index (Phi) is 5.80. The first-order chi connectivity index (χ1) is 11.1. The van der Waals surface area contributed by atoms with Crippen LogP contribution >= 0.6 is 0 Å². The van der Waals surface area contributed by atoms with Crippen LogP contribution in [-0.4, -0.2) is 24.1 Å². The predicted molar refractivity (Wildman–Crippen MR) is 92.2 cm³/mol. The van der Waals surface area contributed by atoms with Gasteiger partial charge in [-0.05, 0) is 31.0 Å². The van der Waals surface area contributed by atoms with E-state index >= 15 is 0 Å². The van der Waals surface area contributed by atoms with Gasteiger partial charge in [0.15, 0.2) is 5.82 Å². The number of hydrazone groups is 1. The highest BCUT2D eigenvalue weighted by Crippen LogP contribution is 2.21. The molecule has 2 aromatic rings. The highest BCUT2D eigenvalue weighted by Gasteiger charge is 2.13. The number of amidine groups is 1. The normalized spacial score (nSPS) is 11.3. The van der Waals surface area contributed by atoms with E-state index in [4.69, 9.17) is 5.73 Å². The molecule has 0 aliphatic heterocycles. The van der Waals surface area contributed by atoms with Gasteiger partial charge in [0.1, 0.15) is 5.82 Å². The predicted octanol–water partition coefficient (Wildman–Crippen LogP) is 2.76. The lowest BCUT2D eigenvalue weighted by Gasteiger charge is -2.20. The molecule has 23 heavy (non-hydrogen) atoms. The molecule has 0 unspecified atom stereocenters. The number of aliphatic imine (C=N–C) groups is 1. The van der Waals surface area contributed by atoms with Gasteiger partial charge in [0, 0.05) is 25.0 Å². The number of rotatable bonds is 7. The second-order valence-corrected chi connectivity index (χ2v) is 5.05.